The Balaban J connectivity index is 1.33. The maximum Gasteiger partial charge on any atom is 0.268 e. The van der Waals surface area contributed by atoms with Crippen LogP contribution in [0.5, 0.6) is 5.75 Å². The van der Waals surface area contributed by atoms with E-state index in [4.69, 9.17) is 9.26 Å². The second kappa shape index (κ2) is 7.89. The van der Waals surface area contributed by atoms with E-state index in [1.54, 1.807) is 24.5 Å². The molecule has 0 bridgehead atoms. The van der Waals surface area contributed by atoms with Crippen LogP contribution in [0.3, 0.4) is 0 Å². The van der Waals surface area contributed by atoms with E-state index >= 15 is 0 Å². The molecule has 1 aromatic carbocycles. The van der Waals surface area contributed by atoms with Gasteiger partial charge in [-0.1, -0.05) is 17.3 Å². The summed E-state index contributed by atoms with van der Waals surface area (Å²) in [6, 6.07) is 11.2. The molecule has 1 aliphatic rings. The molecule has 0 saturated carbocycles. The van der Waals surface area contributed by atoms with Crippen LogP contribution >= 0.6 is 11.3 Å². The minimum atomic E-state index is 0.0353. The molecule has 0 aliphatic carbocycles. The third-order valence-corrected chi connectivity index (χ3v) is 5.40. The number of ether oxygens (including phenoxy) is 1. The topological polar surface area (TPSA) is 71.7 Å². The Morgan fingerprint density at radius 3 is 2.81 bits per heavy atom. The number of amides is 1. The highest BCUT2D eigenvalue weighted by atomic mass is 32.1. The van der Waals surface area contributed by atoms with Crippen molar-refractivity contribution in [3.8, 4) is 16.5 Å². The Bertz CT molecular complexity index is 901. The summed E-state index contributed by atoms with van der Waals surface area (Å²) in [6.07, 6.45) is 0. The van der Waals surface area contributed by atoms with Gasteiger partial charge in [-0.25, -0.2) is 0 Å². The van der Waals surface area contributed by atoms with Crippen molar-refractivity contribution in [2.24, 2.45) is 0 Å². The minimum absolute atomic E-state index is 0.0353. The van der Waals surface area contributed by atoms with Crippen molar-refractivity contribution in [3.63, 3.8) is 0 Å². The van der Waals surface area contributed by atoms with E-state index in [1.807, 2.05) is 40.6 Å². The molecule has 27 heavy (non-hydrogen) atoms. The molecule has 2 aromatic heterocycles. The number of carbonyl (C=O) groups is 1. The van der Waals surface area contributed by atoms with Crippen molar-refractivity contribution in [1.29, 1.82) is 0 Å². The Morgan fingerprint density at radius 2 is 2.07 bits per heavy atom. The lowest BCUT2D eigenvalue weighted by molar-refractivity contribution is 0.0624. The molecule has 0 atom stereocenters. The summed E-state index contributed by atoms with van der Waals surface area (Å²) in [6.45, 7) is 3.52. The fourth-order valence-corrected chi connectivity index (χ4v) is 3.71. The average Bonchev–Trinajstić information content (AvgIpc) is 3.40. The predicted molar refractivity (Wildman–Crippen MR) is 102 cm³/mol. The van der Waals surface area contributed by atoms with E-state index in [0.717, 1.165) is 18.0 Å². The van der Waals surface area contributed by atoms with Crippen molar-refractivity contribution in [2.45, 2.75) is 6.54 Å². The van der Waals surface area contributed by atoms with Gasteiger partial charge in [0.25, 0.3) is 11.8 Å². The number of rotatable bonds is 5. The third kappa shape index (κ3) is 4.01. The molecular weight excluding hydrogens is 364 g/mol. The van der Waals surface area contributed by atoms with Gasteiger partial charge in [-0.15, -0.1) is 11.3 Å². The lowest BCUT2D eigenvalue weighted by Crippen LogP contribution is -2.48. The van der Waals surface area contributed by atoms with Crippen molar-refractivity contribution in [2.75, 3.05) is 33.3 Å². The van der Waals surface area contributed by atoms with Gasteiger partial charge in [0.15, 0.2) is 5.82 Å². The molecule has 1 amide bonds. The maximum absolute atomic E-state index is 12.7. The zero-order valence-electron chi connectivity index (χ0n) is 15.0. The summed E-state index contributed by atoms with van der Waals surface area (Å²) < 4.78 is 10.5. The van der Waals surface area contributed by atoms with Crippen LogP contribution in [0.15, 0.2) is 46.3 Å². The Kier molecular flexibility index (Phi) is 5.17. The van der Waals surface area contributed by atoms with Crippen LogP contribution in [-0.2, 0) is 6.54 Å². The average molecular weight is 384 g/mol. The van der Waals surface area contributed by atoms with Gasteiger partial charge in [0.1, 0.15) is 5.75 Å². The molecule has 0 spiro atoms. The van der Waals surface area contributed by atoms with E-state index in [2.05, 4.69) is 15.0 Å². The Morgan fingerprint density at radius 1 is 1.22 bits per heavy atom. The number of piperazine rings is 1. The van der Waals surface area contributed by atoms with Crippen LogP contribution < -0.4 is 4.74 Å². The van der Waals surface area contributed by atoms with Crippen molar-refractivity contribution in [3.05, 3.63) is 53.2 Å². The lowest BCUT2D eigenvalue weighted by Gasteiger charge is -2.34. The third-order valence-electron chi connectivity index (χ3n) is 4.54. The summed E-state index contributed by atoms with van der Waals surface area (Å²) in [5.74, 6) is 1.96. The SMILES string of the molecule is COc1cccc(C(=O)N2CCN(Cc3noc(-c4cccs4)n3)CC2)c1. The summed E-state index contributed by atoms with van der Waals surface area (Å²) in [5.41, 5.74) is 0.654. The van der Waals surface area contributed by atoms with Gasteiger partial charge in [0.05, 0.1) is 18.5 Å². The normalized spacial score (nSPS) is 15.1. The molecule has 140 valence electrons. The number of nitrogens with zero attached hydrogens (tertiary/aromatic N) is 4. The number of thiophene rings is 1. The van der Waals surface area contributed by atoms with E-state index in [0.29, 0.717) is 42.7 Å². The number of benzene rings is 1. The smallest absolute Gasteiger partial charge is 0.268 e. The molecule has 0 radical (unpaired) electrons. The Hall–Kier alpha value is -2.71. The van der Waals surface area contributed by atoms with Gasteiger partial charge < -0.3 is 14.2 Å². The first kappa shape index (κ1) is 17.7. The van der Waals surface area contributed by atoms with Crippen molar-refractivity contribution >= 4 is 17.2 Å². The quantitative estimate of drug-likeness (QED) is 0.674. The van der Waals surface area contributed by atoms with Gasteiger partial charge in [-0.2, -0.15) is 4.98 Å². The predicted octanol–water partition coefficient (Wildman–Crippen LogP) is 2.76. The van der Waals surface area contributed by atoms with E-state index in [9.17, 15) is 4.79 Å². The van der Waals surface area contributed by atoms with Crippen molar-refractivity contribution < 1.29 is 14.1 Å². The Labute approximate surface area is 161 Å². The number of aromatic nitrogens is 2. The van der Waals surface area contributed by atoms with Crippen LogP contribution in [0.4, 0.5) is 0 Å². The maximum atomic E-state index is 12.7. The number of carbonyl (C=O) groups excluding carboxylic acids is 1. The summed E-state index contributed by atoms with van der Waals surface area (Å²) in [4.78, 5) is 22.2. The van der Waals surface area contributed by atoms with Gasteiger partial charge in [-0.3, -0.25) is 9.69 Å². The molecular formula is C19H20N4O3S. The van der Waals surface area contributed by atoms with Crippen LogP contribution in [0.25, 0.3) is 10.8 Å². The number of hydrogen-bond acceptors (Lipinski definition) is 7. The van der Waals surface area contributed by atoms with Crippen LogP contribution in [0, 0.1) is 0 Å². The highest BCUT2D eigenvalue weighted by Crippen LogP contribution is 2.23. The van der Waals surface area contributed by atoms with Gasteiger partial charge >= 0.3 is 0 Å². The van der Waals surface area contributed by atoms with E-state index in [1.165, 1.54) is 0 Å². The van der Waals surface area contributed by atoms with Crippen LogP contribution in [-0.4, -0.2) is 59.1 Å². The lowest BCUT2D eigenvalue weighted by atomic mass is 10.1. The summed E-state index contributed by atoms with van der Waals surface area (Å²) >= 11 is 1.58. The molecule has 1 aliphatic heterocycles. The van der Waals surface area contributed by atoms with E-state index < -0.39 is 0 Å². The first-order valence-electron chi connectivity index (χ1n) is 8.75. The van der Waals surface area contributed by atoms with Gasteiger partial charge in [0, 0.05) is 31.7 Å². The molecule has 3 heterocycles. The molecule has 1 fully saturated rings. The zero-order valence-corrected chi connectivity index (χ0v) is 15.8. The number of methoxy groups -OCH3 is 1. The second-order valence-electron chi connectivity index (χ2n) is 6.29. The first-order chi connectivity index (χ1) is 13.2. The zero-order chi connectivity index (χ0) is 18.6. The molecule has 0 N–H and O–H groups in total. The molecule has 3 aromatic rings. The van der Waals surface area contributed by atoms with Crippen LogP contribution in [0.1, 0.15) is 16.2 Å². The molecule has 1 saturated heterocycles. The highest BCUT2D eigenvalue weighted by molar-refractivity contribution is 7.13. The van der Waals surface area contributed by atoms with Gasteiger partial charge in [-0.05, 0) is 29.6 Å². The monoisotopic (exact) mass is 384 g/mol. The van der Waals surface area contributed by atoms with Crippen LogP contribution in [0.2, 0.25) is 0 Å². The fraction of sp³-hybridized carbons (Fsp3) is 0.316. The summed E-state index contributed by atoms with van der Waals surface area (Å²) in [5, 5.41) is 6.06. The van der Waals surface area contributed by atoms with Gasteiger partial charge in [0.2, 0.25) is 0 Å². The van der Waals surface area contributed by atoms with Crippen molar-refractivity contribution in [1.82, 2.24) is 19.9 Å². The molecule has 0 unspecified atom stereocenters. The molecule has 8 heteroatoms. The molecule has 7 nitrogen and oxygen atoms in total. The summed E-state index contributed by atoms with van der Waals surface area (Å²) in [7, 11) is 1.60. The highest BCUT2D eigenvalue weighted by Gasteiger charge is 2.23. The van der Waals surface area contributed by atoms with E-state index in [-0.39, 0.29) is 5.91 Å². The minimum Gasteiger partial charge on any atom is -0.497 e. The fourth-order valence-electron chi connectivity index (χ4n) is 3.07. The number of hydrogen-bond donors (Lipinski definition) is 0. The second-order valence-corrected chi connectivity index (χ2v) is 7.24. The first-order valence-corrected chi connectivity index (χ1v) is 9.63. The molecule has 4 rings (SSSR count). The standard InChI is InChI=1S/C19H20N4O3S/c1-25-15-5-2-4-14(12-15)19(24)23-9-7-22(8-10-23)13-17-20-18(26-21-17)16-6-3-11-27-16/h2-6,11-12H,7-10,13H2,1H3. The largest absolute Gasteiger partial charge is 0.497 e.